The number of carbonyl (C=O) groups excluding carboxylic acids is 1. The van der Waals surface area contributed by atoms with Gasteiger partial charge in [-0.1, -0.05) is 0 Å². The Kier molecular flexibility index (Phi) is 2.41. The average Bonchev–Trinajstić information content (AvgIpc) is 2.84. The standard InChI is InChI=1S/C11H19N3O/c15-11-8-10(9-2-1-5-14(9)11)13-6-3-12-4-7-13/h9-10,12H,1-8H2. The topological polar surface area (TPSA) is 35.6 Å². The number of hydrogen-bond donors (Lipinski definition) is 1. The minimum atomic E-state index is 0.390. The molecule has 2 unspecified atom stereocenters. The van der Waals surface area contributed by atoms with Crippen LogP contribution < -0.4 is 5.32 Å². The fraction of sp³-hybridized carbons (Fsp3) is 0.909. The van der Waals surface area contributed by atoms with Crippen molar-refractivity contribution in [1.82, 2.24) is 15.1 Å². The van der Waals surface area contributed by atoms with Gasteiger partial charge in [-0.2, -0.15) is 0 Å². The molecule has 3 aliphatic heterocycles. The molecule has 2 atom stereocenters. The van der Waals surface area contributed by atoms with Gasteiger partial charge in [-0.05, 0) is 12.8 Å². The van der Waals surface area contributed by atoms with E-state index in [1.807, 2.05) is 0 Å². The van der Waals surface area contributed by atoms with Crippen molar-refractivity contribution in [3.63, 3.8) is 0 Å². The Bertz CT molecular complexity index is 263. The molecule has 4 heteroatoms. The van der Waals surface area contributed by atoms with Crippen molar-refractivity contribution in [3.05, 3.63) is 0 Å². The van der Waals surface area contributed by atoms with Gasteiger partial charge < -0.3 is 10.2 Å². The first-order chi connectivity index (χ1) is 7.36. The second-order valence-electron chi connectivity index (χ2n) is 4.85. The third kappa shape index (κ3) is 1.56. The van der Waals surface area contributed by atoms with E-state index in [9.17, 15) is 4.79 Å². The molecule has 0 aromatic rings. The molecule has 0 radical (unpaired) electrons. The molecule has 3 fully saturated rings. The van der Waals surface area contributed by atoms with Crippen LogP contribution >= 0.6 is 0 Å². The van der Waals surface area contributed by atoms with Gasteiger partial charge in [-0.3, -0.25) is 9.69 Å². The van der Waals surface area contributed by atoms with Crippen LogP contribution in [0.5, 0.6) is 0 Å². The van der Waals surface area contributed by atoms with Crippen LogP contribution in [0.15, 0.2) is 0 Å². The minimum Gasteiger partial charge on any atom is -0.338 e. The number of nitrogens with zero attached hydrogens (tertiary/aromatic N) is 2. The van der Waals surface area contributed by atoms with Gasteiger partial charge in [-0.15, -0.1) is 0 Å². The molecule has 3 rings (SSSR count). The lowest BCUT2D eigenvalue weighted by molar-refractivity contribution is -0.127. The van der Waals surface area contributed by atoms with Crippen molar-refractivity contribution in [2.24, 2.45) is 0 Å². The van der Waals surface area contributed by atoms with Gasteiger partial charge >= 0.3 is 0 Å². The van der Waals surface area contributed by atoms with Gasteiger partial charge in [0.15, 0.2) is 0 Å². The Labute approximate surface area is 90.6 Å². The Morgan fingerprint density at radius 2 is 1.93 bits per heavy atom. The van der Waals surface area contributed by atoms with E-state index in [1.54, 1.807) is 0 Å². The van der Waals surface area contributed by atoms with Crippen molar-refractivity contribution in [2.75, 3.05) is 32.7 Å². The predicted molar refractivity (Wildman–Crippen MR) is 57.6 cm³/mol. The van der Waals surface area contributed by atoms with Crippen LogP contribution in [-0.4, -0.2) is 60.5 Å². The van der Waals surface area contributed by atoms with E-state index in [0.29, 0.717) is 18.0 Å². The van der Waals surface area contributed by atoms with E-state index in [1.165, 1.54) is 12.8 Å². The molecule has 4 nitrogen and oxygen atoms in total. The van der Waals surface area contributed by atoms with Gasteiger partial charge in [0.1, 0.15) is 0 Å². The number of carbonyl (C=O) groups is 1. The molecule has 3 heterocycles. The first-order valence-electron chi connectivity index (χ1n) is 6.10. The normalized spacial score (nSPS) is 37.3. The summed E-state index contributed by atoms with van der Waals surface area (Å²) in [6.07, 6.45) is 3.20. The smallest absolute Gasteiger partial charge is 0.224 e. The summed E-state index contributed by atoms with van der Waals surface area (Å²) >= 11 is 0. The summed E-state index contributed by atoms with van der Waals surface area (Å²) in [7, 11) is 0. The van der Waals surface area contributed by atoms with E-state index in [-0.39, 0.29) is 0 Å². The number of fused-ring (bicyclic) bond motifs is 1. The molecule has 15 heavy (non-hydrogen) atoms. The summed E-state index contributed by atoms with van der Waals surface area (Å²) in [6, 6.07) is 1.05. The van der Waals surface area contributed by atoms with E-state index < -0.39 is 0 Å². The lowest BCUT2D eigenvalue weighted by Gasteiger charge is -2.35. The zero-order chi connectivity index (χ0) is 10.3. The quantitative estimate of drug-likeness (QED) is 0.641. The summed E-state index contributed by atoms with van der Waals surface area (Å²) in [5.74, 6) is 0.390. The Hall–Kier alpha value is -0.610. The summed E-state index contributed by atoms with van der Waals surface area (Å²) in [5, 5.41) is 3.37. The van der Waals surface area contributed by atoms with Crippen molar-refractivity contribution in [2.45, 2.75) is 31.3 Å². The molecule has 84 valence electrons. The van der Waals surface area contributed by atoms with Crippen LogP contribution in [0, 0.1) is 0 Å². The van der Waals surface area contributed by atoms with Crippen molar-refractivity contribution < 1.29 is 4.79 Å². The van der Waals surface area contributed by atoms with Crippen molar-refractivity contribution in [3.8, 4) is 0 Å². The Morgan fingerprint density at radius 1 is 1.13 bits per heavy atom. The molecule has 3 aliphatic rings. The highest BCUT2D eigenvalue weighted by Crippen LogP contribution is 2.32. The lowest BCUT2D eigenvalue weighted by Crippen LogP contribution is -2.51. The first kappa shape index (κ1) is 9.60. The van der Waals surface area contributed by atoms with Crippen molar-refractivity contribution >= 4 is 5.91 Å². The maximum Gasteiger partial charge on any atom is 0.224 e. The molecule has 1 N–H and O–H groups in total. The van der Waals surface area contributed by atoms with Gasteiger partial charge in [0.05, 0.1) is 0 Å². The van der Waals surface area contributed by atoms with Gasteiger partial charge in [0.25, 0.3) is 0 Å². The third-order valence-electron chi connectivity index (χ3n) is 4.07. The highest BCUT2D eigenvalue weighted by Gasteiger charge is 2.44. The van der Waals surface area contributed by atoms with E-state index >= 15 is 0 Å². The molecule has 1 amide bonds. The largest absolute Gasteiger partial charge is 0.338 e. The predicted octanol–water partition coefficient (Wildman–Crippen LogP) is -0.345. The monoisotopic (exact) mass is 209 g/mol. The van der Waals surface area contributed by atoms with Crippen LogP contribution in [-0.2, 0) is 4.79 Å². The first-order valence-corrected chi connectivity index (χ1v) is 6.10. The zero-order valence-corrected chi connectivity index (χ0v) is 9.11. The number of hydrogen-bond acceptors (Lipinski definition) is 3. The molecule has 0 aliphatic carbocycles. The highest BCUT2D eigenvalue weighted by molar-refractivity contribution is 5.80. The number of amides is 1. The molecule has 0 spiro atoms. The van der Waals surface area contributed by atoms with Gasteiger partial charge in [0.2, 0.25) is 5.91 Å². The lowest BCUT2D eigenvalue weighted by atomic mass is 10.0. The number of piperazine rings is 1. The number of nitrogens with one attached hydrogen (secondary N) is 1. The highest BCUT2D eigenvalue weighted by atomic mass is 16.2. The maximum absolute atomic E-state index is 11.8. The van der Waals surface area contributed by atoms with Crippen LogP contribution in [0.2, 0.25) is 0 Å². The third-order valence-corrected chi connectivity index (χ3v) is 4.07. The molecular formula is C11H19N3O. The average molecular weight is 209 g/mol. The van der Waals surface area contributed by atoms with Crippen LogP contribution in [0.3, 0.4) is 0 Å². The summed E-state index contributed by atoms with van der Waals surface area (Å²) in [5.41, 5.74) is 0. The fourth-order valence-electron chi connectivity index (χ4n) is 3.32. The van der Waals surface area contributed by atoms with Crippen LogP contribution in [0.4, 0.5) is 0 Å². The molecule has 0 bridgehead atoms. The Balaban J connectivity index is 1.72. The molecule has 0 aromatic heterocycles. The molecular weight excluding hydrogens is 190 g/mol. The molecule has 3 saturated heterocycles. The Morgan fingerprint density at radius 3 is 2.73 bits per heavy atom. The second-order valence-corrected chi connectivity index (χ2v) is 4.85. The van der Waals surface area contributed by atoms with Crippen molar-refractivity contribution in [1.29, 1.82) is 0 Å². The summed E-state index contributed by atoms with van der Waals surface area (Å²) in [6.45, 7) is 5.39. The maximum atomic E-state index is 11.8. The fourth-order valence-corrected chi connectivity index (χ4v) is 3.32. The molecule has 0 aromatic carbocycles. The minimum absolute atomic E-state index is 0.390. The van der Waals surface area contributed by atoms with E-state index in [2.05, 4.69) is 15.1 Å². The van der Waals surface area contributed by atoms with Gasteiger partial charge in [-0.25, -0.2) is 0 Å². The summed E-state index contributed by atoms with van der Waals surface area (Å²) in [4.78, 5) is 16.4. The van der Waals surface area contributed by atoms with Crippen LogP contribution in [0.1, 0.15) is 19.3 Å². The van der Waals surface area contributed by atoms with Gasteiger partial charge in [0, 0.05) is 51.2 Å². The SMILES string of the molecule is O=C1CC(N2CCNCC2)C2CCCN12. The van der Waals surface area contributed by atoms with Crippen LogP contribution in [0.25, 0.3) is 0 Å². The number of rotatable bonds is 1. The summed E-state index contributed by atoms with van der Waals surface area (Å²) < 4.78 is 0. The zero-order valence-electron chi connectivity index (χ0n) is 9.11. The van der Waals surface area contributed by atoms with E-state index in [0.717, 1.165) is 39.1 Å². The molecule has 0 saturated carbocycles. The second kappa shape index (κ2) is 3.76. The van der Waals surface area contributed by atoms with E-state index in [4.69, 9.17) is 0 Å².